The number of aliphatic imine (C=N–C) groups is 1. The lowest BCUT2D eigenvalue weighted by Gasteiger charge is -2.40. The molecule has 0 bridgehead atoms. The zero-order valence-electron chi connectivity index (χ0n) is 11.6. The van der Waals surface area contributed by atoms with Gasteiger partial charge in [0.15, 0.2) is 5.96 Å². The molecule has 0 amide bonds. The molecule has 0 aromatic carbocycles. The first kappa shape index (κ1) is 14.8. The average Bonchev–Trinajstić information content (AvgIpc) is 2.34. The predicted molar refractivity (Wildman–Crippen MR) is 75.6 cm³/mol. The molecule has 1 aliphatic carbocycles. The van der Waals surface area contributed by atoms with E-state index in [2.05, 4.69) is 28.5 Å². The van der Waals surface area contributed by atoms with Crippen molar-refractivity contribution >= 4 is 5.96 Å². The Kier molecular flexibility index (Phi) is 6.59. The molecule has 18 heavy (non-hydrogen) atoms. The van der Waals surface area contributed by atoms with Crippen LogP contribution in [0.2, 0.25) is 0 Å². The molecule has 4 heteroatoms. The zero-order valence-corrected chi connectivity index (χ0v) is 11.6. The third kappa shape index (κ3) is 4.58. The number of rotatable bonds is 7. The van der Waals surface area contributed by atoms with Gasteiger partial charge in [0.1, 0.15) is 0 Å². The summed E-state index contributed by atoms with van der Waals surface area (Å²) in [5, 5.41) is 6.33. The maximum Gasteiger partial charge on any atom is 0.192 e. The third-order valence-corrected chi connectivity index (χ3v) is 3.53. The summed E-state index contributed by atoms with van der Waals surface area (Å²) >= 11 is 0. The van der Waals surface area contributed by atoms with Crippen molar-refractivity contribution in [2.24, 2.45) is 10.4 Å². The molecule has 0 atom stereocenters. The van der Waals surface area contributed by atoms with Crippen molar-refractivity contribution < 1.29 is 4.74 Å². The normalized spacial score (nSPS) is 17.7. The number of hydrogen-bond acceptors (Lipinski definition) is 2. The number of ether oxygens (including phenoxy) is 1. The van der Waals surface area contributed by atoms with Crippen molar-refractivity contribution in [3.63, 3.8) is 0 Å². The summed E-state index contributed by atoms with van der Waals surface area (Å²) in [7, 11) is 1.76. The van der Waals surface area contributed by atoms with Crippen molar-refractivity contribution in [1.29, 1.82) is 0 Å². The van der Waals surface area contributed by atoms with Gasteiger partial charge in [0.05, 0.1) is 6.54 Å². The molecule has 2 N–H and O–H groups in total. The van der Waals surface area contributed by atoms with Crippen LogP contribution in [0.15, 0.2) is 4.99 Å². The van der Waals surface area contributed by atoms with Gasteiger partial charge in [0, 0.05) is 26.8 Å². The van der Waals surface area contributed by atoms with E-state index >= 15 is 0 Å². The highest BCUT2D eigenvalue weighted by atomic mass is 16.5. The van der Waals surface area contributed by atoms with Gasteiger partial charge in [0.25, 0.3) is 0 Å². The molecule has 0 heterocycles. The Balaban J connectivity index is 2.48. The van der Waals surface area contributed by atoms with Crippen molar-refractivity contribution in [2.45, 2.75) is 32.6 Å². The molecule has 4 nitrogen and oxygen atoms in total. The van der Waals surface area contributed by atoms with Crippen LogP contribution in [0, 0.1) is 17.8 Å². The lowest BCUT2D eigenvalue weighted by Crippen LogP contribution is -2.40. The third-order valence-electron chi connectivity index (χ3n) is 3.53. The minimum atomic E-state index is 0.356. The highest BCUT2D eigenvalue weighted by molar-refractivity contribution is 5.80. The fraction of sp³-hybridized carbons (Fsp3) is 0.786. The van der Waals surface area contributed by atoms with Crippen molar-refractivity contribution in [2.75, 3.05) is 33.4 Å². The molecule has 0 spiro atoms. The lowest BCUT2D eigenvalue weighted by atomic mass is 9.67. The van der Waals surface area contributed by atoms with E-state index in [1.54, 1.807) is 7.11 Å². The summed E-state index contributed by atoms with van der Waals surface area (Å²) in [6, 6.07) is 0. The van der Waals surface area contributed by atoms with Gasteiger partial charge in [0.2, 0.25) is 0 Å². The van der Waals surface area contributed by atoms with Crippen LogP contribution in [0.25, 0.3) is 0 Å². The molecule has 1 saturated carbocycles. The van der Waals surface area contributed by atoms with Crippen LogP contribution in [0.5, 0.6) is 0 Å². The molecule has 102 valence electrons. The average molecular weight is 251 g/mol. The first-order valence-electron chi connectivity index (χ1n) is 6.71. The summed E-state index contributed by atoms with van der Waals surface area (Å²) < 4.78 is 5.19. The van der Waals surface area contributed by atoms with E-state index in [9.17, 15) is 0 Å². The summed E-state index contributed by atoms with van der Waals surface area (Å²) in [5.41, 5.74) is 0.356. The fourth-order valence-corrected chi connectivity index (χ4v) is 2.21. The molecule has 1 aliphatic rings. The minimum Gasteiger partial charge on any atom is -0.385 e. The Morgan fingerprint density at radius 2 is 2.22 bits per heavy atom. The van der Waals surface area contributed by atoms with Crippen LogP contribution >= 0.6 is 0 Å². The summed E-state index contributed by atoms with van der Waals surface area (Å²) in [6.07, 6.45) is 10.2. The number of guanidine groups is 1. The second kappa shape index (κ2) is 7.99. The van der Waals surface area contributed by atoms with Crippen LogP contribution in [0.1, 0.15) is 32.6 Å². The molecule has 0 radical (unpaired) electrons. The van der Waals surface area contributed by atoms with Gasteiger partial charge in [-0.25, -0.2) is 0 Å². The molecule has 0 aromatic heterocycles. The van der Waals surface area contributed by atoms with Crippen LogP contribution in [-0.2, 0) is 4.74 Å². The Bertz CT molecular complexity index is 303. The molecule has 0 aromatic rings. The van der Waals surface area contributed by atoms with Crippen LogP contribution < -0.4 is 10.6 Å². The first-order chi connectivity index (χ1) is 8.76. The maximum absolute atomic E-state index is 5.25. The highest BCUT2D eigenvalue weighted by Crippen LogP contribution is 2.44. The molecular formula is C14H25N3O. The first-order valence-corrected chi connectivity index (χ1v) is 6.71. The lowest BCUT2D eigenvalue weighted by molar-refractivity contribution is 0.0778. The molecule has 0 saturated heterocycles. The van der Waals surface area contributed by atoms with E-state index < -0.39 is 0 Å². The Morgan fingerprint density at radius 3 is 2.72 bits per heavy atom. The minimum absolute atomic E-state index is 0.356. The highest BCUT2D eigenvalue weighted by Gasteiger charge is 2.36. The molecule has 0 unspecified atom stereocenters. The van der Waals surface area contributed by atoms with Gasteiger partial charge < -0.3 is 15.4 Å². The Labute approximate surface area is 111 Å². The molecule has 1 fully saturated rings. The van der Waals surface area contributed by atoms with Gasteiger partial charge >= 0.3 is 0 Å². The van der Waals surface area contributed by atoms with Gasteiger partial charge in [-0.05, 0) is 31.6 Å². The maximum atomic E-state index is 5.25. The van der Waals surface area contributed by atoms with E-state index in [0.717, 1.165) is 32.1 Å². The quantitative estimate of drug-likeness (QED) is 0.408. The van der Waals surface area contributed by atoms with Crippen molar-refractivity contribution in [3.8, 4) is 12.3 Å². The SMILES string of the molecule is C#CCNC(=NCC1(CCOC)CCC1)NCC. The Morgan fingerprint density at radius 1 is 1.44 bits per heavy atom. The van der Waals surface area contributed by atoms with Gasteiger partial charge in [-0.2, -0.15) is 0 Å². The van der Waals surface area contributed by atoms with E-state index in [-0.39, 0.29) is 0 Å². The Hall–Kier alpha value is -1.21. The van der Waals surface area contributed by atoms with Gasteiger partial charge in [-0.15, -0.1) is 6.42 Å². The van der Waals surface area contributed by atoms with Crippen molar-refractivity contribution in [1.82, 2.24) is 10.6 Å². The van der Waals surface area contributed by atoms with Gasteiger partial charge in [-0.3, -0.25) is 4.99 Å². The van der Waals surface area contributed by atoms with Gasteiger partial charge in [-0.1, -0.05) is 12.3 Å². The number of terminal acetylenes is 1. The van der Waals surface area contributed by atoms with Crippen LogP contribution in [-0.4, -0.2) is 39.3 Å². The molecule has 0 aliphatic heterocycles. The summed E-state index contributed by atoms with van der Waals surface area (Å²) in [5.74, 6) is 3.38. The predicted octanol–water partition coefficient (Wildman–Crippen LogP) is 1.38. The number of methoxy groups -OCH3 is 1. The molecular weight excluding hydrogens is 226 g/mol. The standard InChI is InChI=1S/C14H25N3O/c1-4-10-16-13(15-5-2)17-12-14(7-6-8-14)9-11-18-3/h1H,5-12H2,2-3H3,(H2,15,16,17). The zero-order chi connectivity index (χ0) is 13.3. The monoisotopic (exact) mass is 251 g/mol. The summed E-state index contributed by atoms with van der Waals surface area (Å²) in [4.78, 5) is 4.64. The number of nitrogens with zero attached hydrogens (tertiary/aromatic N) is 1. The van der Waals surface area contributed by atoms with E-state index in [1.165, 1.54) is 19.3 Å². The van der Waals surface area contributed by atoms with Crippen LogP contribution in [0.3, 0.4) is 0 Å². The topological polar surface area (TPSA) is 45.7 Å². The molecule has 1 rings (SSSR count). The summed E-state index contributed by atoms with van der Waals surface area (Å²) in [6.45, 7) is 5.09. The van der Waals surface area contributed by atoms with E-state index in [4.69, 9.17) is 11.2 Å². The second-order valence-electron chi connectivity index (χ2n) is 4.85. The second-order valence-corrected chi connectivity index (χ2v) is 4.85. The van der Waals surface area contributed by atoms with Crippen molar-refractivity contribution in [3.05, 3.63) is 0 Å². The number of hydrogen-bond donors (Lipinski definition) is 2. The van der Waals surface area contributed by atoms with E-state index in [0.29, 0.717) is 12.0 Å². The smallest absolute Gasteiger partial charge is 0.192 e. The fourth-order valence-electron chi connectivity index (χ4n) is 2.21. The van der Waals surface area contributed by atoms with Crippen LogP contribution in [0.4, 0.5) is 0 Å². The largest absolute Gasteiger partial charge is 0.385 e. The van der Waals surface area contributed by atoms with E-state index in [1.807, 2.05) is 0 Å². The number of nitrogens with one attached hydrogen (secondary N) is 2.